The molecule has 1 heterocycles. The number of ether oxygens (including phenoxy) is 1. The zero-order valence-electron chi connectivity index (χ0n) is 10.5. The van der Waals surface area contributed by atoms with Crippen molar-refractivity contribution in [1.29, 1.82) is 0 Å². The van der Waals surface area contributed by atoms with Crippen molar-refractivity contribution in [2.45, 2.75) is 27.6 Å². The zero-order chi connectivity index (χ0) is 14.4. The molecule has 0 radical (unpaired) electrons. The molecule has 1 atom stereocenters. The number of halogens is 6. The summed E-state index contributed by atoms with van der Waals surface area (Å²) < 4.78 is 5.17. The van der Waals surface area contributed by atoms with Gasteiger partial charge >= 0.3 is 0 Å². The fourth-order valence-electron chi connectivity index (χ4n) is 1.73. The highest BCUT2D eigenvalue weighted by Crippen LogP contribution is 2.48. The van der Waals surface area contributed by atoms with E-state index in [-0.39, 0.29) is 20.7 Å². The Morgan fingerprint density at radius 2 is 1.65 bits per heavy atom. The van der Waals surface area contributed by atoms with Crippen LogP contribution in [-0.4, -0.2) is 19.7 Å². The van der Waals surface area contributed by atoms with Gasteiger partial charge in [0.2, 0.25) is 10.4 Å². The van der Waals surface area contributed by atoms with Gasteiger partial charge in [-0.2, -0.15) is 0 Å². The molecule has 0 bridgehead atoms. The summed E-state index contributed by atoms with van der Waals surface area (Å²) in [7, 11) is 0. The standard InChI is InChI=1S/C12H10Br3Cl2NO.BrH/c1-11(2)12(15,10(13)14)19-9(18-11)6-3-7(16)5-8(17)4-6;/h3-5,10H,1-2H3;1H. The second-order valence-electron chi connectivity index (χ2n) is 4.68. The van der Waals surface area contributed by atoms with E-state index in [0.717, 1.165) is 5.56 Å². The summed E-state index contributed by atoms with van der Waals surface area (Å²) in [5.74, 6) is 0.509. The topological polar surface area (TPSA) is 21.6 Å². The van der Waals surface area contributed by atoms with Gasteiger partial charge in [0.15, 0.2) is 0 Å². The van der Waals surface area contributed by atoms with Crippen LogP contribution in [0.4, 0.5) is 0 Å². The lowest BCUT2D eigenvalue weighted by molar-refractivity contribution is 0.146. The first-order valence-corrected chi connectivity index (χ1v) is 8.76. The van der Waals surface area contributed by atoms with Crippen LogP contribution in [0.15, 0.2) is 23.2 Å². The fraction of sp³-hybridized carbons (Fsp3) is 0.417. The average Bonchev–Trinajstić information content (AvgIpc) is 2.50. The van der Waals surface area contributed by atoms with Crippen LogP contribution in [0.25, 0.3) is 0 Å². The van der Waals surface area contributed by atoms with Crippen LogP contribution in [0.3, 0.4) is 0 Å². The van der Waals surface area contributed by atoms with Crippen LogP contribution in [0.2, 0.25) is 10.0 Å². The average molecular weight is 576 g/mol. The van der Waals surface area contributed by atoms with E-state index in [2.05, 4.69) is 52.8 Å². The molecule has 0 amide bonds. The number of hydrogen-bond donors (Lipinski definition) is 0. The second-order valence-corrected chi connectivity index (χ2v) is 9.79. The van der Waals surface area contributed by atoms with Crippen LogP contribution < -0.4 is 0 Å². The number of benzene rings is 1. The number of alkyl halides is 3. The molecule has 112 valence electrons. The predicted molar refractivity (Wildman–Crippen MR) is 102 cm³/mol. The molecule has 0 saturated heterocycles. The van der Waals surface area contributed by atoms with E-state index < -0.39 is 10.0 Å². The maximum atomic E-state index is 6.01. The lowest BCUT2D eigenvalue weighted by Crippen LogP contribution is -2.46. The number of nitrogens with zero attached hydrogens (tertiary/aromatic N) is 1. The molecule has 1 aliphatic heterocycles. The number of hydrogen-bond acceptors (Lipinski definition) is 2. The summed E-state index contributed by atoms with van der Waals surface area (Å²) in [5.41, 5.74) is 0.293. The lowest BCUT2D eigenvalue weighted by atomic mass is 10.0. The first kappa shape index (κ1) is 19.2. The van der Waals surface area contributed by atoms with Gasteiger partial charge in [0.1, 0.15) is 9.28 Å². The van der Waals surface area contributed by atoms with Crippen molar-refractivity contribution in [3.05, 3.63) is 33.8 Å². The second kappa shape index (κ2) is 6.75. The number of rotatable bonds is 2. The molecule has 1 aliphatic rings. The van der Waals surface area contributed by atoms with E-state index >= 15 is 0 Å². The molecule has 0 N–H and O–H groups in total. The van der Waals surface area contributed by atoms with E-state index in [9.17, 15) is 0 Å². The molecule has 20 heavy (non-hydrogen) atoms. The Morgan fingerprint density at radius 1 is 1.15 bits per heavy atom. The van der Waals surface area contributed by atoms with Crippen molar-refractivity contribution in [2.24, 2.45) is 4.99 Å². The van der Waals surface area contributed by atoms with Gasteiger partial charge in [-0.1, -0.05) is 55.1 Å². The van der Waals surface area contributed by atoms with Gasteiger partial charge in [0.05, 0.1) is 0 Å². The largest absolute Gasteiger partial charge is 0.454 e. The highest BCUT2D eigenvalue weighted by Gasteiger charge is 2.55. The quantitative estimate of drug-likeness (QED) is 0.378. The van der Waals surface area contributed by atoms with Crippen LogP contribution in [-0.2, 0) is 4.74 Å². The van der Waals surface area contributed by atoms with Crippen molar-refractivity contribution in [3.8, 4) is 0 Å². The molecule has 1 aromatic carbocycles. The fourth-order valence-corrected chi connectivity index (χ4v) is 3.81. The smallest absolute Gasteiger partial charge is 0.218 e. The summed E-state index contributed by atoms with van der Waals surface area (Å²) in [6.07, 6.45) is 0. The van der Waals surface area contributed by atoms with Crippen LogP contribution >= 0.6 is 88.0 Å². The van der Waals surface area contributed by atoms with Crippen molar-refractivity contribution >= 4 is 93.9 Å². The molecule has 0 aromatic heterocycles. The highest BCUT2D eigenvalue weighted by atomic mass is 79.9. The first-order valence-electron chi connectivity index (χ1n) is 5.38. The molecule has 1 aromatic rings. The monoisotopic (exact) mass is 571 g/mol. The third-order valence-electron chi connectivity index (χ3n) is 2.85. The molecule has 1 unspecified atom stereocenters. The van der Waals surface area contributed by atoms with E-state index in [1.807, 2.05) is 13.8 Å². The van der Waals surface area contributed by atoms with Gasteiger partial charge in [-0.05, 0) is 48.0 Å². The maximum Gasteiger partial charge on any atom is 0.218 e. The van der Waals surface area contributed by atoms with E-state index in [1.54, 1.807) is 18.2 Å². The zero-order valence-corrected chi connectivity index (χ0v) is 18.4. The van der Waals surface area contributed by atoms with Crippen LogP contribution in [0.5, 0.6) is 0 Å². The molecule has 8 heteroatoms. The third-order valence-corrected chi connectivity index (χ3v) is 7.40. The van der Waals surface area contributed by atoms with Gasteiger partial charge in [-0.25, -0.2) is 4.99 Å². The van der Waals surface area contributed by atoms with Gasteiger partial charge in [0, 0.05) is 15.6 Å². The molecule has 0 aliphatic carbocycles. The Labute approximate surface area is 163 Å². The number of aliphatic imine (C=N–C) groups is 1. The van der Waals surface area contributed by atoms with Crippen LogP contribution in [0, 0.1) is 0 Å². The Morgan fingerprint density at radius 3 is 2.05 bits per heavy atom. The van der Waals surface area contributed by atoms with Gasteiger partial charge in [-0.3, -0.25) is 0 Å². The SMILES string of the molecule is Br.CC1(C)N=C(c2cc(Cl)cc(Cl)c2)OC1(Br)C(Br)Br. The van der Waals surface area contributed by atoms with Gasteiger partial charge in [-0.15, -0.1) is 17.0 Å². The normalized spacial score (nSPS) is 24.1. The highest BCUT2D eigenvalue weighted by molar-refractivity contribution is 9.25. The van der Waals surface area contributed by atoms with E-state index in [0.29, 0.717) is 15.9 Å². The molecule has 0 spiro atoms. The minimum atomic E-state index is -0.690. The van der Waals surface area contributed by atoms with Crippen molar-refractivity contribution in [3.63, 3.8) is 0 Å². The summed E-state index contributed by atoms with van der Waals surface area (Å²) >= 11 is 22.6. The van der Waals surface area contributed by atoms with Crippen molar-refractivity contribution in [2.75, 3.05) is 0 Å². The summed E-state index contributed by atoms with van der Waals surface area (Å²) in [6.45, 7) is 3.97. The molecule has 2 rings (SSSR count). The van der Waals surface area contributed by atoms with Crippen LogP contribution in [0.1, 0.15) is 19.4 Å². The Hall–Kier alpha value is 1.19. The predicted octanol–water partition coefficient (Wildman–Crippen LogP) is 6.33. The summed E-state index contributed by atoms with van der Waals surface area (Å²) in [5, 5.41) is 1.10. The summed E-state index contributed by atoms with van der Waals surface area (Å²) in [4.78, 5) is 4.62. The minimum Gasteiger partial charge on any atom is -0.454 e. The van der Waals surface area contributed by atoms with Crippen molar-refractivity contribution in [1.82, 2.24) is 0 Å². The van der Waals surface area contributed by atoms with E-state index in [1.165, 1.54) is 0 Å². The first-order chi connectivity index (χ1) is 8.65. The molecule has 0 saturated carbocycles. The van der Waals surface area contributed by atoms with Gasteiger partial charge < -0.3 is 4.74 Å². The molecule has 2 nitrogen and oxygen atoms in total. The Balaban J connectivity index is 0.00000200. The summed E-state index contributed by atoms with van der Waals surface area (Å²) in [6, 6.07) is 5.23. The Bertz CT molecular complexity index is 530. The Kier molecular flexibility index (Phi) is 6.49. The van der Waals surface area contributed by atoms with Crippen molar-refractivity contribution < 1.29 is 4.74 Å². The minimum absolute atomic E-state index is 0. The molecular formula is C12H11Br4Cl2NO. The third kappa shape index (κ3) is 3.57. The molecular weight excluding hydrogens is 565 g/mol. The van der Waals surface area contributed by atoms with Gasteiger partial charge in [0.25, 0.3) is 0 Å². The van der Waals surface area contributed by atoms with E-state index in [4.69, 9.17) is 27.9 Å². The molecule has 0 fully saturated rings. The lowest BCUT2D eigenvalue weighted by Gasteiger charge is -2.34. The maximum absolute atomic E-state index is 6.01.